The number of aliphatic hydroxyl groups excluding tert-OH is 2. The minimum absolute atomic E-state index is 0.00560. The van der Waals surface area contributed by atoms with Crippen LogP contribution in [0.25, 0.3) is 0 Å². The Kier molecular flexibility index (Phi) is 4.65. The molecular formula is C8H11BrN2O3S. The molecule has 0 aliphatic carbocycles. The average molecular weight is 295 g/mol. The number of aromatic nitrogens is 1. The lowest BCUT2D eigenvalue weighted by Gasteiger charge is -2.15. The van der Waals surface area contributed by atoms with Crippen molar-refractivity contribution in [2.45, 2.75) is 19.1 Å². The van der Waals surface area contributed by atoms with Crippen molar-refractivity contribution in [1.29, 1.82) is 0 Å². The van der Waals surface area contributed by atoms with E-state index in [0.717, 1.165) is 0 Å². The molecule has 0 fully saturated rings. The molecule has 15 heavy (non-hydrogen) atoms. The fourth-order valence-electron chi connectivity index (χ4n) is 0.956. The van der Waals surface area contributed by atoms with Gasteiger partial charge in [0.05, 0.1) is 5.69 Å². The highest BCUT2D eigenvalue weighted by Gasteiger charge is 2.20. The van der Waals surface area contributed by atoms with Gasteiger partial charge in [0.25, 0.3) is 0 Å². The summed E-state index contributed by atoms with van der Waals surface area (Å²) in [6.45, 7) is 1.35. The van der Waals surface area contributed by atoms with Gasteiger partial charge in [0, 0.05) is 18.8 Å². The van der Waals surface area contributed by atoms with Crippen LogP contribution in [0.4, 0.5) is 0 Å². The SMILES string of the molecule is CC(=O)NCC(O)C(O)c1csc(Br)n1. The molecule has 0 saturated carbocycles. The van der Waals surface area contributed by atoms with Crippen molar-refractivity contribution in [3.63, 3.8) is 0 Å². The molecule has 3 N–H and O–H groups in total. The zero-order chi connectivity index (χ0) is 11.4. The Labute approximate surface area is 99.3 Å². The van der Waals surface area contributed by atoms with Crippen molar-refractivity contribution >= 4 is 33.2 Å². The van der Waals surface area contributed by atoms with Crippen molar-refractivity contribution in [2.24, 2.45) is 0 Å². The highest BCUT2D eigenvalue weighted by Crippen LogP contribution is 2.22. The molecule has 1 aromatic heterocycles. The van der Waals surface area contributed by atoms with Crippen molar-refractivity contribution in [1.82, 2.24) is 10.3 Å². The monoisotopic (exact) mass is 294 g/mol. The van der Waals surface area contributed by atoms with Crippen LogP contribution in [-0.2, 0) is 4.79 Å². The Morgan fingerprint density at radius 2 is 2.40 bits per heavy atom. The van der Waals surface area contributed by atoms with Crippen molar-refractivity contribution in [2.75, 3.05) is 6.54 Å². The fourth-order valence-corrected chi connectivity index (χ4v) is 2.01. The zero-order valence-corrected chi connectivity index (χ0v) is 10.4. The van der Waals surface area contributed by atoms with Gasteiger partial charge in [0.2, 0.25) is 5.91 Å². The topological polar surface area (TPSA) is 82.5 Å². The van der Waals surface area contributed by atoms with Crippen molar-refractivity contribution in [3.05, 3.63) is 15.0 Å². The van der Waals surface area contributed by atoms with Crippen LogP contribution < -0.4 is 5.32 Å². The van der Waals surface area contributed by atoms with E-state index < -0.39 is 12.2 Å². The first-order valence-electron chi connectivity index (χ1n) is 4.22. The number of halogens is 1. The number of hydrogen-bond acceptors (Lipinski definition) is 5. The summed E-state index contributed by atoms with van der Waals surface area (Å²) in [5.74, 6) is -0.249. The Hall–Kier alpha value is -0.500. The van der Waals surface area contributed by atoms with Gasteiger partial charge < -0.3 is 15.5 Å². The van der Waals surface area contributed by atoms with Crippen LogP contribution in [0.2, 0.25) is 0 Å². The van der Waals surface area contributed by atoms with Gasteiger partial charge in [-0.1, -0.05) is 0 Å². The first-order valence-corrected chi connectivity index (χ1v) is 5.89. The predicted octanol–water partition coefficient (Wildman–Crippen LogP) is 0.436. The van der Waals surface area contributed by atoms with E-state index in [1.807, 2.05) is 0 Å². The highest BCUT2D eigenvalue weighted by molar-refractivity contribution is 9.11. The summed E-state index contributed by atoms with van der Waals surface area (Å²) in [4.78, 5) is 14.6. The molecule has 0 aromatic carbocycles. The molecule has 0 saturated heterocycles. The lowest BCUT2D eigenvalue weighted by Crippen LogP contribution is -2.34. The average Bonchev–Trinajstić information content (AvgIpc) is 2.60. The third-order valence-electron chi connectivity index (χ3n) is 1.72. The van der Waals surface area contributed by atoms with E-state index in [4.69, 9.17) is 0 Å². The molecule has 1 aromatic rings. The number of rotatable bonds is 4. The van der Waals surface area contributed by atoms with Crippen molar-refractivity contribution in [3.8, 4) is 0 Å². The Balaban J connectivity index is 2.52. The smallest absolute Gasteiger partial charge is 0.216 e. The molecule has 7 heteroatoms. The molecule has 0 radical (unpaired) electrons. The summed E-state index contributed by atoms with van der Waals surface area (Å²) in [5.41, 5.74) is 0.393. The van der Waals surface area contributed by atoms with E-state index in [1.165, 1.54) is 18.3 Å². The Bertz CT molecular complexity index is 344. The van der Waals surface area contributed by atoms with Gasteiger partial charge in [-0.3, -0.25) is 4.79 Å². The molecule has 2 unspecified atom stereocenters. The molecule has 1 heterocycles. The third-order valence-corrected chi connectivity index (χ3v) is 3.10. The number of carbonyl (C=O) groups is 1. The molecule has 1 amide bonds. The predicted molar refractivity (Wildman–Crippen MR) is 59.5 cm³/mol. The normalized spacial score (nSPS) is 14.7. The van der Waals surface area contributed by atoms with Crippen LogP contribution in [0.3, 0.4) is 0 Å². The number of aliphatic hydroxyl groups is 2. The van der Waals surface area contributed by atoms with Gasteiger partial charge in [0.1, 0.15) is 12.2 Å². The van der Waals surface area contributed by atoms with E-state index in [2.05, 4.69) is 26.2 Å². The number of nitrogens with zero attached hydrogens (tertiary/aromatic N) is 1. The van der Waals surface area contributed by atoms with Gasteiger partial charge in [-0.25, -0.2) is 4.98 Å². The van der Waals surface area contributed by atoms with Gasteiger partial charge in [0.15, 0.2) is 3.92 Å². The largest absolute Gasteiger partial charge is 0.388 e. The maximum Gasteiger partial charge on any atom is 0.216 e. The van der Waals surface area contributed by atoms with E-state index in [1.54, 1.807) is 5.38 Å². The number of nitrogens with one attached hydrogen (secondary N) is 1. The standard InChI is InChI=1S/C8H11BrN2O3S/c1-4(12)10-2-6(13)7(14)5-3-15-8(9)11-5/h3,6-7,13-14H,2H2,1H3,(H,10,12). The molecule has 1 rings (SSSR count). The van der Waals surface area contributed by atoms with E-state index in [9.17, 15) is 15.0 Å². The lowest BCUT2D eigenvalue weighted by atomic mass is 10.1. The first-order chi connectivity index (χ1) is 7.00. The zero-order valence-electron chi connectivity index (χ0n) is 7.98. The molecular weight excluding hydrogens is 284 g/mol. The molecule has 0 bridgehead atoms. The first kappa shape index (κ1) is 12.6. The lowest BCUT2D eigenvalue weighted by molar-refractivity contribution is -0.119. The molecule has 5 nitrogen and oxygen atoms in total. The maximum absolute atomic E-state index is 10.6. The quantitative estimate of drug-likeness (QED) is 0.752. The van der Waals surface area contributed by atoms with Crippen LogP contribution in [-0.4, -0.2) is 33.8 Å². The number of hydrogen-bond donors (Lipinski definition) is 3. The van der Waals surface area contributed by atoms with Crippen LogP contribution in [0.5, 0.6) is 0 Å². The van der Waals surface area contributed by atoms with Crippen LogP contribution in [0.15, 0.2) is 9.30 Å². The minimum atomic E-state index is -1.08. The van der Waals surface area contributed by atoms with Gasteiger partial charge in [-0.15, -0.1) is 11.3 Å². The summed E-state index contributed by atoms with van der Waals surface area (Å²) in [7, 11) is 0. The fraction of sp³-hybridized carbons (Fsp3) is 0.500. The molecule has 0 spiro atoms. The summed E-state index contributed by atoms with van der Waals surface area (Å²) >= 11 is 4.48. The second-order valence-corrected chi connectivity index (χ2v) is 5.11. The van der Waals surface area contributed by atoms with E-state index in [-0.39, 0.29) is 12.5 Å². The van der Waals surface area contributed by atoms with Gasteiger partial charge in [-0.2, -0.15) is 0 Å². The second kappa shape index (κ2) is 5.55. The summed E-state index contributed by atoms with van der Waals surface area (Å²) < 4.78 is 0.642. The molecule has 0 aliphatic heterocycles. The molecule has 0 aliphatic rings. The summed E-state index contributed by atoms with van der Waals surface area (Å²) in [6, 6.07) is 0. The van der Waals surface area contributed by atoms with Crippen molar-refractivity contribution < 1.29 is 15.0 Å². The van der Waals surface area contributed by atoms with E-state index in [0.29, 0.717) is 9.61 Å². The third kappa shape index (κ3) is 3.86. The summed E-state index contributed by atoms with van der Waals surface area (Å²) in [5, 5.41) is 23.2. The maximum atomic E-state index is 10.6. The Morgan fingerprint density at radius 3 is 2.87 bits per heavy atom. The number of amides is 1. The number of thiazole rings is 1. The Morgan fingerprint density at radius 1 is 1.73 bits per heavy atom. The van der Waals surface area contributed by atoms with Crippen LogP contribution >= 0.6 is 27.3 Å². The van der Waals surface area contributed by atoms with Gasteiger partial charge >= 0.3 is 0 Å². The molecule has 84 valence electrons. The van der Waals surface area contributed by atoms with Crippen LogP contribution in [0.1, 0.15) is 18.7 Å². The summed E-state index contributed by atoms with van der Waals surface area (Å²) in [6.07, 6.45) is -2.14. The highest BCUT2D eigenvalue weighted by atomic mass is 79.9. The minimum Gasteiger partial charge on any atom is -0.388 e. The molecule has 2 atom stereocenters. The van der Waals surface area contributed by atoms with E-state index >= 15 is 0 Å². The second-order valence-electron chi connectivity index (χ2n) is 2.97. The van der Waals surface area contributed by atoms with Gasteiger partial charge in [-0.05, 0) is 15.9 Å². The van der Waals surface area contributed by atoms with Crippen LogP contribution in [0, 0.1) is 0 Å². The number of carbonyl (C=O) groups excluding carboxylic acids is 1.